The number of carbonyl (C=O) groups is 1. The lowest BCUT2D eigenvalue weighted by atomic mass is 9.88. The minimum atomic E-state index is -0.219. The zero-order valence-corrected chi connectivity index (χ0v) is 11.8. The summed E-state index contributed by atoms with van der Waals surface area (Å²) < 4.78 is 9.86. The molecule has 102 valence electrons. The average molecular weight is 254 g/mol. The van der Waals surface area contributed by atoms with Crippen LogP contribution in [-0.4, -0.2) is 24.7 Å². The van der Waals surface area contributed by atoms with Crippen LogP contribution in [0.1, 0.15) is 49.7 Å². The normalized spacial score (nSPS) is 11.4. The molecule has 0 aliphatic rings. The summed E-state index contributed by atoms with van der Waals surface area (Å²) in [6.07, 6.45) is 2.16. The third kappa shape index (κ3) is 3.48. The van der Waals surface area contributed by atoms with Crippen LogP contribution in [-0.2, 0) is 0 Å². The smallest absolute Gasteiger partial charge is 0.314 e. The van der Waals surface area contributed by atoms with Gasteiger partial charge >= 0.3 is 5.95 Å². The number of hydrogen-bond donors (Lipinski definition) is 1. The number of carbonyl (C=O) groups excluding carboxylic acids is 1. The van der Waals surface area contributed by atoms with Crippen LogP contribution < -0.4 is 10.1 Å². The summed E-state index contributed by atoms with van der Waals surface area (Å²) in [5.74, 6) is 0.0664. The number of rotatable bonds is 6. The molecule has 18 heavy (non-hydrogen) atoms. The van der Waals surface area contributed by atoms with E-state index < -0.39 is 0 Å². The Labute approximate surface area is 108 Å². The Morgan fingerprint density at radius 3 is 2.67 bits per heavy atom. The van der Waals surface area contributed by atoms with Crippen LogP contribution in [0.5, 0.6) is 5.95 Å². The highest BCUT2D eigenvalue weighted by molar-refractivity contribution is 5.93. The van der Waals surface area contributed by atoms with Crippen molar-refractivity contribution in [2.45, 2.75) is 40.5 Å². The second-order valence-corrected chi connectivity index (χ2v) is 5.24. The van der Waals surface area contributed by atoms with Crippen LogP contribution in [0.2, 0.25) is 0 Å². The molecular weight excluding hydrogens is 232 g/mol. The van der Waals surface area contributed by atoms with Gasteiger partial charge in [0.1, 0.15) is 0 Å². The number of hydrogen-bond acceptors (Lipinski definition) is 4. The molecule has 5 heteroatoms. The molecule has 1 aromatic heterocycles. The molecule has 1 N–H and O–H groups in total. The summed E-state index contributed by atoms with van der Waals surface area (Å²) >= 11 is 0. The molecule has 5 nitrogen and oxygen atoms in total. The van der Waals surface area contributed by atoms with Gasteiger partial charge < -0.3 is 14.6 Å². The Balaban J connectivity index is 2.63. The van der Waals surface area contributed by atoms with E-state index in [0.717, 1.165) is 12.8 Å². The topological polar surface area (TPSA) is 64.4 Å². The second-order valence-electron chi connectivity index (χ2n) is 5.24. The van der Waals surface area contributed by atoms with Gasteiger partial charge in [-0.2, -0.15) is 0 Å². The quantitative estimate of drug-likeness (QED) is 0.847. The molecule has 0 radical (unpaired) electrons. The summed E-state index contributed by atoms with van der Waals surface area (Å²) in [5.41, 5.74) is 1.01. The molecule has 1 amide bonds. The van der Waals surface area contributed by atoms with Gasteiger partial charge in [-0.05, 0) is 18.8 Å². The molecule has 0 bridgehead atoms. The molecule has 0 atom stereocenters. The Kier molecular flexibility index (Phi) is 4.76. The van der Waals surface area contributed by atoms with Crippen LogP contribution in [0.4, 0.5) is 0 Å². The zero-order valence-electron chi connectivity index (χ0n) is 11.8. The molecular formula is C13H22N2O3. The maximum Gasteiger partial charge on any atom is 0.314 e. The molecule has 0 unspecified atom stereocenters. The number of methoxy groups -OCH3 is 1. The second kappa shape index (κ2) is 5.89. The van der Waals surface area contributed by atoms with E-state index in [-0.39, 0.29) is 17.3 Å². The fraction of sp³-hybridized carbons (Fsp3) is 0.692. The molecule has 0 saturated carbocycles. The number of nitrogens with one attached hydrogen (secondary N) is 1. The lowest BCUT2D eigenvalue weighted by Crippen LogP contribution is -2.34. The number of amides is 1. The summed E-state index contributed by atoms with van der Waals surface area (Å²) in [6.45, 7) is 8.77. The number of aromatic nitrogens is 1. The van der Waals surface area contributed by atoms with Crippen LogP contribution in [0, 0.1) is 12.3 Å². The molecule has 0 aliphatic carbocycles. The first kappa shape index (κ1) is 14.5. The van der Waals surface area contributed by atoms with Crippen LogP contribution in [0.25, 0.3) is 0 Å². The molecule has 1 rings (SSSR count). The third-order valence-corrected chi connectivity index (χ3v) is 2.94. The van der Waals surface area contributed by atoms with Crippen molar-refractivity contribution < 1.29 is 14.1 Å². The van der Waals surface area contributed by atoms with Gasteiger partial charge in [0, 0.05) is 6.54 Å². The lowest BCUT2D eigenvalue weighted by molar-refractivity contribution is 0.0924. The summed E-state index contributed by atoms with van der Waals surface area (Å²) in [4.78, 5) is 12.0. The van der Waals surface area contributed by atoms with Crippen molar-refractivity contribution in [3.8, 4) is 5.95 Å². The maximum absolute atomic E-state index is 12.0. The molecule has 0 aliphatic heterocycles. The molecule has 0 fully saturated rings. The minimum Gasteiger partial charge on any atom is -0.467 e. The van der Waals surface area contributed by atoms with Gasteiger partial charge in [0.2, 0.25) is 0 Å². The van der Waals surface area contributed by atoms with E-state index in [0.29, 0.717) is 17.8 Å². The highest BCUT2D eigenvalue weighted by Crippen LogP contribution is 2.22. The molecule has 1 aromatic rings. The molecule has 0 aromatic carbocycles. The van der Waals surface area contributed by atoms with E-state index in [1.807, 2.05) is 0 Å². The van der Waals surface area contributed by atoms with Gasteiger partial charge in [-0.15, -0.1) is 0 Å². The van der Waals surface area contributed by atoms with E-state index in [2.05, 4.69) is 31.2 Å². The van der Waals surface area contributed by atoms with E-state index in [9.17, 15) is 4.79 Å². The van der Waals surface area contributed by atoms with Crippen LogP contribution >= 0.6 is 0 Å². The van der Waals surface area contributed by atoms with Crippen molar-refractivity contribution in [3.63, 3.8) is 0 Å². The third-order valence-electron chi connectivity index (χ3n) is 2.94. The standard InChI is InChI=1S/C13H22N2O3/c1-6-7-13(3,4)8-14-11(16)10-9(2)12(17-5)18-15-10/h6-8H2,1-5H3,(H,14,16). The minimum absolute atomic E-state index is 0.0894. The van der Waals surface area contributed by atoms with Crippen LogP contribution in [0.3, 0.4) is 0 Å². The van der Waals surface area contributed by atoms with Crippen molar-refractivity contribution in [2.75, 3.05) is 13.7 Å². The summed E-state index contributed by atoms with van der Waals surface area (Å²) in [6, 6.07) is 0. The van der Waals surface area contributed by atoms with E-state index >= 15 is 0 Å². The molecule has 0 spiro atoms. The van der Waals surface area contributed by atoms with Crippen molar-refractivity contribution >= 4 is 5.91 Å². The molecule has 1 heterocycles. The van der Waals surface area contributed by atoms with E-state index in [1.54, 1.807) is 6.92 Å². The molecule has 0 saturated heterocycles. The van der Waals surface area contributed by atoms with E-state index in [1.165, 1.54) is 7.11 Å². The van der Waals surface area contributed by atoms with E-state index in [4.69, 9.17) is 9.26 Å². The summed E-state index contributed by atoms with van der Waals surface area (Å²) in [7, 11) is 1.49. The number of ether oxygens (including phenoxy) is 1. The van der Waals surface area contributed by atoms with Crippen molar-refractivity contribution in [1.82, 2.24) is 10.5 Å². The highest BCUT2D eigenvalue weighted by atomic mass is 16.6. The monoisotopic (exact) mass is 254 g/mol. The fourth-order valence-corrected chi connectivity index (χ4v) is 1.89. The number of nitrogens with zero attached hydrogens (tertiary/aromatic N) is 1. The lowest BCUT2D eigenvalue weighted by Gasteiger charge is -2.23. The predicted octanol–water partition coefficient (Wildman–Crippen LogP) is 2.55. The Hall–Kier alpha value is -1.52. The van der Waals surface area contributed by atoms with Gasteiger partial charge in [-0.1, -0.05) is 32.3 Å². The Bertz CT molecular complexity index is 410. The maximum atomic E-state index is 12.0. The van der Waals surface area contributed by atoms with Crippen molar-refractivity contribution in [3.05, 3.63) is 11.3 Å². The SMILES string of the molecule is CCCC(C)(C)CNC(=O)c1noc(OC)c1C. The Morgan fingerprint density at radius 2 is 2.17 bits per heavy atom. The average Bonchev–Trinajstić information content (AvgIpc) is 2.67. The summed E-state index contributed by atoms with van der Waals surface area (Å²) in [5, 5.41) is 6.61. The van der Waals surface area contributed by atoms with Gasteiger partial charge in [0.05, 0.1) is 12.7 Å². The highest BCUT2D eigenvalue weighted by Gasteiger charge is 2.22. The van der Waals surface area contributed by atoms with Gasteiger partial charge in [-0.25, -0.2) is 0 Å². The van der Waals surface area contributed by atoms with Gasteiger partial charge in [-0.3, -0.25) is 4.79 Å². The van der Waals surface area contributed by atoms with Crippen molar-refractivity contribution in [2.24, 2.45) is 5.41 Å². The fourth-order valence-electron chi connectivity index (χ4n) is 1.89. The van der Waals surface area contributed by atoms with Gasteiger partial charge in [0.15, 0.2) is 5.69 Å². The zero-order chi connectivity index (χ0) is 13.8. The largest absolute Gasteiger partial charge is 0.467 e. The van der Waals surface area contributed by atoms with Crippen LogP contribution in [0.15, 0.2) is 4.52 Å². The Morgan fingerprint density at radius 1 is 1.50 bits per heavy atom. The predicted molar refractivity (Wildman–Crippen MR) is 68.8 cm³/mol. The first-order valence-corrected chi connectivity index (χ1v) is 6.19. The van der Waals surface area contributed by atoms with Crippen molar-refractivity contribution in [1.29, 1.82) is 0 Å². The first-order valence-electron chi connectivity index (χ1n) is 6.19. The van der Waals surface area contributed by atoms with Gasteiger partial charge in [0.25, 0.3) is 5.91 Å². The first-order chi connectivity index (χ1) is 8.41.